The molecule has 2 unspecified atom stereocenters. The summed E-state index contributed by atoms with van der Waals surface area (Å²) >= 11 is 1.70. The van der Waals surface area contributed by atoms with Crippen LogP contribution in [0.2, 0.25) is 0 Å². The summed E-state index contributed by atoms with van der Waals surface area (Å²) in [6.45, 7) is 2.49. The van der Waals surface area contributed by atoms with E-state index in [0.29, 0.717) is 18.8 Å². The minimum Gasteiger partial charge on any atom is -0.380 e. The van der Waals surface area contributed by atoms with E-state index in [9.17, 15) is 9.59 Å². The second kappa shape index (κ2) is 5.93. The van der Waals surface area contributed by atoms with Crippen molar-refractivity contribution in [3.63, 3.8) is 0 Å². The van der Waals surface area contributed by atoms with Crippen LogP contribution < -0.4 is 5.32 Å². The second-order valence-corrected chi connectivity index (χ2v) is 7.35. The zero-order valence-electron chi connectivity index (χ0n) is 12.8. The normalized spacial score (nSPS) is 27.1. The minimum absolute atomic E-state index is 0.0813. The maximum Gasteiger partial charge on any atom is 0.248 e. The number of para-hydroxylation sites is 1. The van der Waals surface area contributed by atoms with Gasteiger partial charge in [-0.05, 0) is 19.4 Å². The highest BCUT2D eigenvalue weighted by Crippen LogP contribution is 2.47. The zero-order valence-corrected chi connectivity index (χ0v) is 13.6. The smallest absolute Gasteiger partial charge is 0.248 e. The molecule has 0 radical (unpaired) electrons. The number of nitrogens with zero attached hydrogens (tertiary/aromatic N) is 1. The molecule has 2 amide bonds. The van der Waals surface area contributed by atoms with Gasteiger partial charge in [-0.15, -0.1) is 11.8 Å². The molecule has 5 nitrogen and oxygen atoms in total. The Bertz CT molecular complexity index is 607. The Hall–Kier alpha value is -1.53. The van der Waals surface area contributed by atoms with Crippen molar-refractivity contribution in [2.75, 3.05) is 18.2 Å². The molecule has 1 N–H and O–H groups in total. The van der Waals surface area contributed by atoms with Crippen LogP contribution in [-0.4, -0.2) is 40.5 Å². The Balaban J connectivity index is 1.77. The number of benzene rings is 1. The van der Waals surface area contributed by atoms with Gasteiger partial charge in [-0.2, -0.15) is 0 Å². The van der Waals surface area contributed by atoms with Crippen LogP contribution in [-0.2, 0) is 20.9 Å². The first kappa shape index (κ1) is 15.4. The van der Waals surface area contributed by atoms with Crippen LogP contribution in [0.25, 0.3) is 0 Å². The lowest BCUT2D eigenvalue weighted by Gasteiger charge is -2.30. The lowest BCUT2D eigenvalue weighted by atomic mass is 10.1. The van der Waals surface area contributed by atoms with E-state index in [1.807, 2.05) is 24.3 Å². The van der Waals surface area contributed by atoms with Gasteiger partial charge in [0.05, 0.1) is 11.5 Å². The van der Waals surface area contributed by atoms with Crippen molar-refractivity contribution in [1.82, 2.24) is 4.90 Å². The molecule has 0 aromatic heterocycles. The van der Waals surface area contributed by atoms with E-state index in [-0.39, 0.29) is 22.7 Å². The van der Waals surface area contributed by atoms with Gasteiger partial charge >= 0.3 is 0 Å². The van der Waals surface area contributed by atoms with Crippen LogP contribution >= 0.6 is 11.8 Å². The Morgan fingerprint density at radius 3 is 3.05 bits per heavy atom. The highest BCUT2D eigenvalue weighted by Gasteiger charge is 2.52. The fourth-order valence-electron chi connectivity index (χ4n) is 3.15. The number of hydrogen-bond acceptors (Lipinski definition) is 4. The predicted molar refractivity (Wildman–Crippen MR) is 86.5 cm³/mol. The lowest BCUT2D eigenvalue weighted by molar-refractivity contribution is -0.135. The first-order valence-electron chi connectivity index (χ1n) is 7.39. The van der Waals surface area contributed by atoms with Crippen molar-refractivity contribution in [2.24, 2.45) is 0 Å². The zero-order chi connectivity index (χ0) is 15.7. The molecule has 2 heterocycles. The summed E-state index contributed by atoms with van der Waals surface area (Å²) in [5.74, 6) is 0.619. The Morgan fingerprint density at radius 2 is 2.27 bits per heavy atom. The number of ether oxygens (including phenoxy) is 1. The highest BCUT2D eigenvalue weighted by molar-refractivity contribution is 8.01. The molecule has 118 valence electrons. The first-order chi connectivity index (χ1) is 10.5. The summed E-state index contributed by atoms with van der Waals surface area (Å²) < 4.78 is 5.16. The Kier molecular flexibility index (Phi) is 4.14. The SMILES string of the molecule is COCc1ccccc1NC(=O)C1CSC2(C)CCC(=O)N12. The second-order valence-electron chi connectivity index (χ2n) is 5.84. The van der Waals surface area contributed by atoms with E-state index in [2.05, 4.69) is 12.2 Å². The Morgan fingerprint density at radius 1 is 1.50 bits per heavy atom. The number of carbonyl (C=O) groups is 2. The van der Waals surface area contributed by atoms with Gasteiger partial charge in [0.15, 0.2) is 0 Å². The van der Waals surface area contributed by atoms with Gasteiger partial charge in [0.1, 0.15) is 6.04 Å². The molecule has 3 rings (SSSR count). The van der Waals surface area contributed by atoms with Crippen LogP contribution in [0.1, 0.15) is 25.3 Å². The van der Waals surface area contributed by atoms with Crippen molar-refractivity contribution >= 4 is 29.3 Å². The summed E-state index contributed by atoms with van der Waals surface area (Å²) in [6.07, 6.45) is 1.36. The highest BCUT2D eigenvalue weighted by atomic mass is 32.2. The van der Waals surface area contributed by atoms with E-state index >= 15 is 0 Å². The average Bonchev–Trinajstić information content (AvgIpc) is 2.98. The monoisotopic (exact) mass is 320 g/mol. The average molecular weight is 320 g/mol. The molecule has 2 fully saturated rings. The maximum atomic E-state index is 12.6. The molecule has 1 aromatic carbocycles. The van der Waals surface area contributed by atoms with Crippen molar-refractivity contribution < 1.29 is 14.3 Å². The predicted octanol–water partition coefficient (Wildman–Crippen LogP) is 2.23. The number of fused-ring (bicyclic) bond motifs is 1. The quantitative estimate of drug-likeness (QED) is 0.924. The molecule has 0 saturated carbocycles. The van der Waals surface area contributed by atoms with Crippen LogP contribution in [0.3, 0.4) is 0 Å². The molecule has 0 aliphatic carbocycles. The molecule has 2 aliphatic heterocycles. The molecule has 2 atom stereocenters. The summed E-state index contributed by atoms with van der Waals surface area (Å²) in [5, 5.41) is 2.96. The van der Waals surface area contributed by atoms with Crippen LogP contribution in [0.15, 0.2) is 24.3 Å². The number of rotatable bonds is 4. The van der Waals surface area contributed by atoms with Crippen molar-refractivity contribution in [1.29, 1.82) is 0 Å². The molecule has 1 aromatic rings. The molecule has 0 bridgehead atoms. The number of methoxy groups -OCH3 is 1. The van der Waals surface area contributed by atoms with Gasteiger partial charge in [0.25, 0.3) is 0 Å². The molecule has 2 saturated heterocycles. The van der Waals surface area contributed by atoms with E-state index in [4.69, 9.17) is 4.74 Å². The van der Waals surface area contributed by atoms with Gasteiger partial charge in [-0.25, -0.2) is 0 Å². The summed E-state index contributed by atoms with van der Waals surface area (Å²) in [4.78, 5) is 26.3. The summed E-state index contributed by atoms with van der Waals surface area (Å²) in [7, 11) is 1.63. The van der Waals surface area contributed by atoms with E-state index in [1.165, 1.54) is 0 Å². The third-order valence-electron chi connectivity index (χ3n) is 4.32. The third kappa shape index (κ3) is 2.61. The van der Waals surface area contributed by atoms with Crippen LogP contribution in [0.4, 0.5) is 5.69 Å². The van der Waals surface area contributed by atoms with Gasteiger partial charge in [-0.3, -0.25) is 9.59 Å². The molecular weight excluding hydrogens is 300 g/mol. The molecule has 2 aliphatic rings. The van der Waals surface area contributed by atoms with Gasteiger partial charge in [0, 0.05) is 30.5 Å². The number of thioether (sulfide) groups is 1. The summed E-state index contributed by atoms with van der Waals surface area (Å²) in [5.41, 5.74) is 1.68. The van der Waals surface area contributed by atoms with Crippen molar-refractivity contribution in [3.8, 4) is 0 Å². The first-order valence-corrected chi connectivity index (χ1v) is 8.37. The van der Waals surface area contributed by atoms with Crippen molar-refractivity contribution in [2.45, 2.75) is 37.3 Å². The summed E-state index contributed by atoms with van der Waals surface area (Å²) in [6, 6.07) is 7.19. The van der Waals surface area contributed by atoms with Gasteiger partial charge in [-0.1, -0.05) is 18.2 Å². The lowest BCUT2D eigenvalue weighted by Crippen LogP contribution is -2.48. The van der Waals surface area contributed by atoms with Gasteiger partial charge in [0.2, 0.25) is 11.8 Å². The standard InChI is InChI=1S/C16H20N2O3S/c1-16-8-7-14(19)18(16)13(10-22-16)15(20)17-12-6-4-3-5-11(12)9-21-2/h3-6,13H,7-10H2,1-2H3,(H,17,20). The number of nitrogens with one attached hydrogen (secondary N) is 1. The topological polar surface area (TPSA) is 58.6 Å². The molecule has 6 heteroatoms. The van der Waals surface area contributed by atoms with Gasteiger partial charge < -0.3 is 15.0 Å². The van der Waals surface area contributed by atoms with Crippen LogP contribution in [0.5, 0.6) is 0 Å². The molecular formula is C16H20N2O3S. The van der Waals surface area contributed by atoms with Crippen LogP contribution in [0, 0.1) is 0 Å². The maximum absolute atomic E-state index is 12.6. The molecule has 22 heavy (non-hydrogen) atoms. The minimum atomic E-state index is -0.388. The number of anilines is 1. The fraction of sp³-hybridized carbons (Fsp3) is 0.500. The van der Waals surface area contributed by atoms with Crippen molar-refractivity contribution in [3.05, 3.63) is 29.8 Å². The third-order valence-corrected chi connectivity index (χ3v) is 5.83. The van der Waals surface area contributed by atoms with E-state index < -0.39 is 0 Å². The largest absolute Gasteiger partial charge is 0.380 e. The number of hydrogen-bond donors (Lipinski definition) is 1. The van der Waals surface area contributed by atoms with E-state index in [0.717, 1.165) is 17.7 Å². The Labute approximate surface area is 134 Å². The number of carbonyl (C=O) groups excluding carboxylic acids is 2. The number of amides is 2. The molecule has 0 spiro atoms. The van der Waals surface area contributed by atoms with E-state index in [1.54, 1.807) is 23.8 Å². The fourth-order valence-corrected chi connectivity index (χ4v) is 4.59.